The Morgan fingerprint density at radius 2 is 1.92 bits per heavy atom. The molecule has 1 aromatic heterocycles. The van der Waals surface area contributed by atoms with Crippen molar-refractivity contribution >= 4 is 11.8 Å². The predicted molar refractivity (Wildman–Crippen MR) is 91.4 cm³/mol. The Balaban J connectivity index is 1.52. The van der Waals surface area contributed by atoms with E-state index in [1.54, 1.807) is 19.5 Å². The van der Waals surface area contributed by atoms with Gasteiger partial charge < -0.3 is 14.2 Å². The fourth-order valence-corrected chi connectivity index (χ4v) is 3.93. The van der Waals surface area contributed by atoms with Crippen molar-refractivity contribution in [2.75, 3.05) is 13.1 Å². The van der Waals surface area contributed by atoms with E-state index < -0.39 is 0 Å². The molecule has 1 atom stereocenters. The van der Waals surface area contributed by atoms with Gasteiger partial charge in [0.1, 0.15) is 0 Å². The van der Waals surface area contributed by atoms with Crippen LogP contribution in [-0.2, 0) is 16.0 Å². The summed E-state index contributed by atoms with van der Waals surface area (Å²) in [6.07, 6.45) is 11.0. The highest BCUT2D eigenvalue weighted by Crippen LogP contribution is 2.30. The van der Waals surface area contributed by atoms with Crippen LogP contribution in [0.4, 0.5) is 0 Å². The van der Waals surface area contributed by atoms with Crippen molar-refractivity contribution in [3.8, 4) is 0 Å². The molecule has 1 saturated carbocycles. The minimum atomic E-state index is 0.199. The highest BCUT2D eigenvalue weighted by molar-refractivity contribution is 5.76. The zero-order chi connectivity index (χ0) is 16.9. The van der Waals surface area contributed by atoms with Gasteiger partial charge in [-0.1, -0.05) is 0 Å². The molecular formula is C19H28N2O3. The number of amides is 2. The van der Waals surface area contributed by atoms with Crippen molar-refractivity contribution in [2.24, 2.45) is 0 Å². The second kappa shape index (κ2) is 7.86. The predicted octanol–water partition coefficient (Wildman–Crippen LogP) is 2.99. The first kappa shape index (κ1) is 17.1. The van der Waals surface area contributed by atoms with Crippen LogP contribution in [-0.4, -0.2) is 46.8 Å². The van der Waals surface area contributed by atoms with Gasteiger partial charge in [-0.3, -0.25) is 9.59 Å². The molecule has 1 aliphatic carbocycles. The van der Waals surface area contributed by atoms with Crippen LogP contribution in [0.3, 0.4) is 0 Å². The van der Waals surface area contributed by atoms with Crippen molar-refractivity contribution < 1.29 is 14.0 Å². The maximum Gasteiger partial charge on any atom is 0.222 e. The lowest BCUT2D eigenvalue weighted by Gasteiger charge is -2.42. The second-order valence-electron chi connectivity index (χ2n) is 7.11. The quantitative estimate of drug-likeness (QED) is 0.833. The van der Waals surface area contributed by atoms with Crippen molar-refractivity contribution in [1.29, 1.82) is 0 Å². The fourth-order valence-electron chi connectivity index (χ4n) is 3.93. The summed E-state index contributed by atoms with van der Waals surface area (Å²) in [6.45, 7) is 3.28. The molecular weight excluding hydrogens is 304 g/mol. The van der Waals surface area contributed by atoms with Crippen molar-refractivity contribution in [2.45, 2.75) is 70.4 Å². The smallest absolute Gasteiger partial charge is 0.222 e. The van der Waals surface area contributed by atoms with Crippen LogP contribution in [0, 0.1) is 0 Å². The molecule has 0 aromatic carbocycles. The molecule has 1 saturated heterocycles. The van der Waals surface area contributed by atoms with E-state index in [4.69, 9.17) is 4.42 Å². The van der Waals surface area contributed by atoms with E-state index >= 15 is 0 Å². The SMILES string of the molecule is CC(=O)N(C1CCC1)[C@@H]1CCCN(C(=O)CCc2ccoc2)CC1. The molecule has 24 heavy (non-hydrogen) atoms. The van der Waals surface area contributed by atoms with Crippen LogP contribution in [0.2, 0.25) is 0 Å². The summed E-state index contributed by atoms with van der Waals surface area (Å²) < 4.78 is 5.05. The van der Waals surface area contributed by atoms with Gasteiger partial charge in [-0.25, -0.2) is 0 Å². The number of furan rings is 1. The molecule has 3 rings (SSSR count). The van der Waals surface area contributed by atoms with Gasteiger partial charge in [0.15, 0.2) is 0 Å². The largest absolute Gasteiger partial charge is 0.472 e. The number of likely N-dealkylation sites (tertiary alicyclic amines) is 1. The molecule has 5 heteroatoms. The van der Waals surface area contributed by atoms with E-state index in [0.29, 0.717) is 18.5 Å². The molecule has 1 aliphatic heterocycles. The Hall–Kier alpha value is -1.78. The molecule has 0 radical (unpaired) electrons. The Labute approximate surface area is 144 Å². The lowest BCUT2D eigenvalue weighted by atomic mass is 9.89. The lowest BCUT2D eigenvalue weighted by Crippen LogP contribution is -2.49. The van der Waals surface area contributed by atoms with Crippen LogP contribution in [0.1, 0.15) is 57.4 Å². The highest BCUT2D eigenvalue weighted by Gasteiger charge is 2.33. The molecule has 2 heterocycles. The van der Waals surface area contributed by atoms with Gasteiger partial charge in [0.2, 0.25) is 11.8 Å². The number of hydrogen-bond acceptors (Lipinski definition) is 3. The van der Waals surface area contributed by atoms with E-state index in [1.807, 2.05) is 11.0 Å². The van der Waals surface area contributed by atoms with Crippen LogP contribution >= 0.6 is 0 Å². The standard InChI is InChI=1S/C19H28N2O3/c1-15(22)21(17-4-2-5-17)18-6-3-11-20(12-9-18)19(23)8-7-16-10-13-24-14-16/h10,13-14,17-18H,2-9,11-12H2,1H3/t18-/m1/s1. The van der Waals surface area contributed by atoms with E-state index in [-0.39, 0.29) is 11.8 Å². The van der Waals surface area contributed by atoms with Crippen molar-refractivity contribution in [3.05, 3.63) is 24.2 Å². The summed E-state index contributed by atoms with van der Waals surface area (Å²) in [5, 5.41) is 0. The molecule has 0 unspecified atom stereocenters. The molecule has 2 aliphatic rings. The van der Waals surface area contributed by atoms with Gasteiger partial charge in [-0.05, 0) is 56.6 Å². The molecule has 132 valence electrons. The first-order chi connectivity index (χ1) is 11.6. The van der Waals surface area contributed by atoms with Gasteiger partial charge in [0.25, 0.3) is 0 Å². The van der Waals surface area contributed by atoms with Crippen molar-refractivity contribution in [1.82, 2.24) is 9.80 Å². The van der Waals surface area contributed by atoms with Crippen LogP contribution < -0.4 is 0 Å². The number of aryl methyl sites for hydroxylation is 1. The Morgan fingerprint density at radius 1 is 1.17 bits per heavy atom. The second-order valence-corrected chi connectivity index (χ2v) is 7.11. The van der Waals surface area contributed by atoms with Gasteiger partial charge in [0.05, 0.1) is 12.5 Å². The van der Waals surface area contributed by atoms with Crippen LogP contribution in [0.5, 0.6) is 0 Å². The Morgan fingerprint density at radius 3 is 2.54 bits per heavy atom. The summed E-state index contributed by atoms with van der Waals surface area (Å²) in [7, 11) is 0. The number of rotatable bonds is 5. The first-order valence-corrected chi connectivity index (χ1v) is 9.23. The zero-order valence-electron chi connectivity index (χ0n) is 14.6. The number of carbonyl (C=O) groups excluding carboxylic acids is 2. The molecule has 0 spiro atoms. The molecule has 2 amide bonds. The molecule has 5 nitrogen and oxygen atoms in total. The topological polar surface area (TPSA) is 53.8 Å². The van der Waals surface area contributed by atoms with Gasteiger partial charge in [-0.15, -0.1) is 0 Å². The van der Waals surface area contributed by atoms with E-state index in [1.165, 1.54) is 6.42 Å². The van der Waals surface area contributed by atoms with E-state index in [9.17, 15) is 9.59 Å². The summed E-state index contributed by atoms with van der Waals surface area (Å²) in [5.74, 6) is 0.416. The third-order valence-electron chi connectivity index (χ3n) is 5.48. The molecule has 1 aromatic rings. The van der Waals surface area contributed by atoms with E-state index in [2.05, 4.69) is 4.90 Å². The number of hydrogen-bond donors (Lipinski definition) is 0. The lowest BCUT2D eigenvalue weighted by molar-refractivity contribution is -0.136. The minimum absolute atomic E-state index is 0.199. The minimum Gasteiger partial charge on any atom is -0.472 e. The molecule has 2 fully saturated rings. The normalized spacial score (nSPS) is 21.9. The fraction of sp³-hybridized carbons (Fsp3) is 0.684. The van der Waals surface area contributed by atoms with Crippen LogP contribution in [0.25, 0.3) is 0 Å². The summed E-state index contributed by atoms with van der Waals surface area (Å²) >= 11 is 0. The maximum atomic E-state index is 12.5. The average Bonchev–Trinajstić information content (AvgIpc) is 2.91. The number of carbonyl (C=O) groups is 2. The molecule has 0 N–H and O–H groups in total. The summed E-state index contributed by atoms with van der Waals surface area (Å²) in [6, 6.07) is 2.66. The highest BCUT2D eigenvalue weighted by atomic mass is 16.3. The third kappa shape index (κ3) is 4.00. The van der Waals surface area contributed by atoms with Gasteiger partial charge >= 0.3 is 0 Å². The first-order valence-electron chi connectivity index (χ1n) is 9.23. The van der Waals surface area contributed by atoms with Gasteiger partial charge in [0, 0.05) is 38.5 Å². The Kier molecular flexibility index (Phi) is 5.59. The monoisotopic (exact) mass is 332 g/mol. The van der Waals surface area contributed by atoms with Crippen molar-refractivity contribution in [3.63, 3.8) is 0 Å². The zero-order valence-corrected chi connectivity index (χ0v) is 14.6. The third-order valence-corrected chi connectivity index (χ3v) is 5.48. The summed E-state index contributed by atoms with van der Waals surface area (Å²) in [5.41, 5.74) is 1.07. The Bertz CT molecular complexity index is 551. The molecule has 0 bridgehead atoms. The average molecular weight is 332 g/mol. The summed E-state index contributed by atoms with van der Waals surface area (Å²) in [4.78, 5) is 28.6. The number of nitrogens with zero attached hydrogens (tertiary/aromatic N) is 2. The van der Waals surface area contributed by atoms with Gasteiger partial charge in [-0.2, -0.15) is 0 Å². The van der Waals surface area contributed by atoms with Crippen LogP contribution in [0.15, 0.2) is 23.0 Å². The van der Waals surface area contributed by atoms with E-state index in [0.717, 1.165) is 57.2 Å². The maximum absolute atomic E-state index is 12.5.